The van der Waals surface area contributed by atoms with Crippen LogP contribution in [0.15, 0.2) is 22.7 Å². The summed E-state index contributed by atoms with van der Waals surface area (Å²) in [7, 11) is 1.49. The summed E-state index contributed by atoms with van der Waals surface area (Å²) in [6.07, 6.45) is 3.13. The van der Waals surface area contributed by atoms with Gasteiger partial charge in [0.2, 0.25) is 11.8 Å². The molecular weight excluding hydrogens is 337 g/mol. The van der Waals surface area contributed by atoms with Gasteiger partial charge in [0.05, 0.1) is 18.9 Å². The lowest BCUT2D eigenvalue weighted by atomic mass is 9.80. The number of halogens is 1. The summed E-state index contributed by atoms with van der Waals surface area (Å²) in [6, 6.07) is 4.59. The van der Waals surface area contributed by atoms with E-state index in [4.69, 9.17) is 9.26 Å². The topological polar surface area (TPSA) is 68.5 Å². The molecule has 0 radical (unpaired) electrons. The van der Waals surface area contributed by atoms with Crippen molar-refractivity contribution in [2.24, 2.45) is 5.92 Å². The van der Waals surface area contributed by atoms with Gasteiger partial charge in [0.25, 0.3) is 0 Å². The van der Waals surface area contributed by atoms with Gasteiger partial charge in [0, 0.05) is 19.2 Å². The number of hydrogen-bond donors (Lipinski definition) is 0. The Morgan fingerprint density at radius 3 is 3.04 bits per heavy atom. The lowest BCUT2D eigenvalue weighted by Crippen LogP contribution is -2.35. The lowest BCUT2D eigenvalue weighted by Gasteiger charge is -2.24. The number of aromatic nitrogens is 2. The van der Waals surface area contributed by atoms with E-state index in [0.29, 0.717) is 42.0 Å². The molecule has 7 heteroatoms. The molecule has 1 aliphatic carbocycles. The molecule has 2 aromatic rings. The van der Waals surface area contributed by atoms with Gasteiger partial charge in [-0.2, -0.15) is 4.98 Å². The number of aryl methyl sites for hydroxylation is 1. The molecule has 2 heterocycles. The van der Waals surface area contributed by atoms with Crippen LogP contribution in [0.5, 0.6) is 5.75 Å². The van der Waals surface area contributed by atoms with Gasteiger partial charge in [-0.25, -0.2) is 4.39 Å². The Morgan fingerprint density at radius 2 is 2.35 bits per heavy atom. The van der Waals surface area contributed by atoms with Crippen LogP contribution in [0.3, 0.4) is 0 Å². The van der Waals surface area contributed by atoms with Gasteiger partial charge in [-0.05, 0) is 37.3 Å². The zero-order valence-electron chi connectivity index (χ0n) is 15.0. The average molecular weight is 359 g/mol. The van der Waals surface area contributed by atoms with Gasteiger partial charge in [-0.1, -0.05) is 17.6 Å². The summed E-state index contributed by atoms with van der Waals surface area (Å²) in [4.78, 5) is 19.1. The fourth-order valence-electron chi connectivity index (χ4n) is 4.40. The minimum absolute atomic E-state index is 0.0431. The monoisotopic (exact) mass is 359 g/mol. The second-order valence-corrected chi connectivity index (χ2v) is 7.30. The number of fused-ring (bicyclic) bond motifs is 1. The number of methoxy groups -OCH3 is 1. The first-order chi connectivity index (χ1) is 12.5. The number of carbonyl (C=O) groups excluding carboxylic acids is 1. The SMILES string of the molecule is COc1ccc(CC(=O)N2C[C@@H]3CCC[C@]3(c3nc(C)no3)C2)c(F)c1. The molecule has 2 aliphatic rings. The average Bonchev–Trinajstić information content (AvgIpc) is 3.30. The van der Waals surface area contributed by atoms with Gasteiger partial charge >= 0.3 is 0 Å². The molecule has 2 atom stereocenters. The molecule has 1 saturated carbocycles. The zero-order chi connectivity index (χ0) is 18.3. The van der Waals surface area contributed by atoms with Crippen LogP contribution in [0.4, 0.5) is 4.39 Å². The number of benzene rings is 1. The van der Waals surface area contributed by atoms with E-state index in [1.54, 1.807) is 19.1 Å². The molecule has 1 aromatic carbocycles. The first-order valence-electron chi connectivity index (χ1n) is 8.93. The second-order valence-electron chi connectivity index (χ2n) is 7.30. The third-order valence-electron chi connectivity index (χ3n) is 5.78. The van der Waals surface area contributed by atoms with Crippen molar-refractivity contribution in [1.82, 2.24) is 15.0 Å². The van der Waals surface area contributed by atoms with E-state index in [-0.39, 0.29) is 17.7 Å². The Bertz CT molecular complexity index is 837. The Labute approximate surface area is 151 Å². The quantitative estimate of drug-likeness (QED) is 0.839. The molecule has 0 bridgehead atoms. The fourth-order valence-corrected chi connectivity index (χ4v) is 4.40. The van der Waals surface area contributed by atoms with Crippen LogP contribution in [0.1, 0.15) is 36.5 Å². The van der Waals surface area contributed by atoms with Crippen molar-refractivity contribution < 1.29 is 18.4 Å². The van der Waals surface area contributed by atoms with Crippen molar-refractivity contribution in [2.75, 3.05) is 20.2 Å². The Kier molecular flexibility index (Phi) is 4.17. The van der Waals surface area contributed by atoms with E-state index in [1.165, 1.54) is 13.2 Å². The number of hydrogen-bond acceptors (Lipinski definition) is 5. The molecule has 0 spiro atoms. The van der Waals surface area contributed by atoms with Crippen molar-refractivity contribution in [3.8, 4) is 5.75 Å². The summed E-state index contributed by atoms with van der Waals surface area (Å²) >= 11 is 0. The molecule has 1 saturated heterocycles. The highest BCUT2D eigenvalue weighted by atomic mass is 19.1. The van der Waals surface area contributed by atoms with Gasteiger partial charge < -0.3 is 14.2 Å². The molecular formula is C19H22FN3O3. The van der Waals surface area contributed by atoms with Crippen LogP contribution in [0.25, 0.3) is 0 Å². The summed E-state index contributed by atoms with van der Waals surface area (Å²) in [5, 5.41) is 3.93. The van der Waals surface area contributed by atoms with Crippen LogP contribution in [-0.4, -0.2) is 41.1 Å². The molecule has 138 valence electrons. The maximum atomic E-state index is 14.2. The van der Waals surface area contributed by atoms with E-state index in [1.807, 2.05) is 4.90 Å². The van der Waals surface area contributed by atoms with Crippen molar-refractivity contribution in [2.45, 2.75) is 38.0 Å². The molecule has 1 aromatic heterocycles. The van der Waals surface area contributed by atoms with Crippen molar-refractivity contribution >= 4 is 5.91 Å². The summed E-state index contributed by atoms with van der Waals surface area (Å²) in [5.41, 5.74) is 0.144. The van der Waals surface area contributed by atoms with E-state index in [2.05, 4.69) is 10.1 Å². The number of rotatable bonds is 4. The van der Waals surface area contributed by atoms with Gasteiger partial charge in [-0.3, -0.25) is 4.79 Å². The van der Waals surface area contributed by atoms with Gasteiger partial charge in [0.1, 0.15) is 11.6 Å². The highest BCUT2D eigenvalue weighted by Gasteiger charge is 2.55. The number of amides is 1. The second kappa shape index (κ2) is 6.37. The molecule has 26 heavy (non-hydrogen) atoms. The number of ether oxygens (including phenoxy) is 1. The largest absolute Gasteiger partial charge is 0.497 e. The van der Waals surface area contributed by atoms with E-state index >= 15 is 0 Å². The van der Waals surface area contributed by atoms with E-state index < -0.39 is 5.82 Å². The lowest BCUT2D eigenvalue weighted by molar-refractivity contribution is -0.129. The highest BCUT2D eigenvalue weighted by Crippen LogP contribution is 2.50. The summed E-state index contributed by atoms with van der Waals surface area (Å²) in [6.45, 7) is 3.03. The molecule has 2 fully saturated rings. The summed E-state index contributed by atoms with van der Waals surface area (Å²) < 4.78 is 24.7. The number of carbonyl (C=O) groups is 1. The third kappa shape index (κ3) is 2.75. The minimum Gasteiger partial charge on any atom is -0.497 e. The van der Waals surface area contributed by atoms with Crippen LogP contribution in [0.2, 0.25) is 0 Å². The summed E-state index contributed by atoms with van der Waals surface area (Å²) in [5.74, 6) is 1.54. The van der Waals surface area contributed by atoms with Crippen LogP contribution < -0.4 is 4.74 Å². The van der Waals surface area contributed by atoms with Crippen molar-refractivity contribution in [1.29, 1.82) is 0 Å². The highest BCUT2D eigenvalue weighted by molar-refractivity contribution is 5.79. The number of likely N-dealkylation sites (tertiary alicyclic amines) is 1. The predicted molar refractivity (Wildman–Crippen MR) is 91.3 cm³/mol. The Balaban J connectivity index is 1.52. The maximum absolute atomic E-state index is 14.2. The maximum Gasteiger partial charge on any atom is 0.234 e. The van der Waals surface area contributed by atoms with E-state index in [0.717, 1.165) is 19.3 Å². The fraction of sp³-hybridized carbons (Fsp3) is 0.526. The predicted octanol–water partition coefficient (Wildman–Crippen LogP) is 2.65. The smallest absolute Gasteiger partial charge is 0.234 e. The van der Waals surface area contributed by atoms with Crippen LogP contribution in [0, 0.1) is 18.7 Å². The normalized spacial score (nSPS) is 24.7. The first kappa shape index (κ1) is 17.0. The zero-order valence-corrected chi connectivity index (χ0v) is 15.0. The Morgan fingerprint density at radius 1 is 1.50 bits per heavy atom. The van der Waals surface area contributed by atoms with E-state index in [9.17, 15) is 9.18 Å². The van der Waals surface area contributed by atoms with Crippen LogP contribution >= 0.6 is 0 Å². The Hall–Kier alpha value is -2.44. The minimum atomic E-state index is -0.417. The molecule has 6 nitrogen and oxygen atoms in total. The van der Waals surface area contributed by atoms with Crippen LogP contribution in [-0.2, 0) is 16.6 Å². The standard InChI is InChI=1S/C19H22FN3O3/c1-12-21-18(26-22-12)19-7-3-4-14(19)10-23(11-19)17(24)8-13-5-6-15(25-2)9-16(13)20/h5-6,9,14H,3-4,7-8,10-11H2,1-2H3/t14-,19-/m0/s1. The van der Waals surface area contributed by atoms with Gasteiger partial charge in [-0.15, -0.1) is 0 Å². The molecule has 0 unspecified atom stereocenters. The molecule has 4 rings (SSSR count). The first-order valence-corrected chi connectivity index (χ1v) is 8.93. The van der Waals surface area contributed by atoms with Crippen molar-refractivity contribution in [3.63, 3.8) is 0 Å². The molecule has 0 N–H and O–H groups in total. The van der Waals surface area contributed by atoms with Gasteiger partial charge in [0.15, 0.2) is 5.82 Å². The van der Waals surface area contributed by atoms with Crippen molar-refractivity contribution in [3.05, 3.63) is 41.3 Å². The third-order valence-corrected chi connectivity index (χ3v) is 5.78. The molecule has 1 amide bonds. The molecule has 1 aliphatic heterocycles. The number of nitrogens with zero attached hydrogens (tertiary/aromatic N) is 3.